The quantitative estimate of drug-likeness (QED) is 0.613. The lowest BCUT2D eigenvalue weighted by atomic mass is 10.1. The molecule has 1 saturated heterocycles. The number of rotatable bonds is 6. The minimum Gasteiger partial charge on any atom is -0.356 e. The summed E-state index contributed by atoms with van der Waals surface area (Å²) in [5.41, 5.74) is 0.106. The first-order valence-electron chi connectivity index (χ1n) is 9.88. The van der Waals surface area contributed by atoms with E-state index in [9.17, 15) is 18.0 Å². The summed E-state index contributed by atoms with van der Waals surface area (Å²) in [6.45, 7) is 4.49. The standard InChI is InChI=1S/C20H25F3N6O/c1-14-12-17(29-10-3-2-4-11-29)28-18(26-14)24-8-9-25-19(30)27-16-7-5-6-15(13-16)20(21,22)23/h5-7,12-13H,2-4,8-11H2,1H3,(H,24,26,28)(H2,25,27,30). The molecular formula is C20H25F3N6O. The van der Waals surface area contributed by atoms with Crippen LogP contribution < -0.4 is 20.9 Å². The summed E-state index contributed by atoms with van der Waals surface area (Å²) in [5, 5.41) is 8.06. The van der Waals surface area contributed by atoms with E-state index in [4.69, 9.17) is 0 Å². The molecule has 0 saturated carbocycles. The van der Waals surface area contributed by atoms with Crippen LogP contribution in [0.5, 0.6) is 0 Å². The van der Waals surface area contributed by atoms with Crippen LogP contribution in [-0.2, 0) is 6.18 Å². The van der Waals surface area contributed by atoms with E-state index in [0.29, 0.717) is 12.5 Å². The van der Waals surface area contributed by atoms with E-state index in [1.807, 2.05) is 13.0 Å². The topological polar surface area (TPSA) is 82.2 Å². The second-order valence-corrected chi connectivity index (χ2v) is 7.13. The fourth-order valence-electron chi connectivity index (χ4n) is 3.21. The Morgan fingerprint density at radius 1 is 1.10 bits per heavy atom. The molecule has 2 aromatic rings. The molecule has 2 amide bonds. The van der Waals surface area contributed by atoms with Crippen LogP contribution in [0.3, 0.4) is 0 Å². The number of carbonyl (C=O) groups is 1. The van der Waals surface area contributed by atoms with Gasteiger partial charge in [-0.3, -0.25) is 0 Å². The number of alkyl halides is 3. The molecule has 162 valence electrons. The molecule has 1 aromatic heterocycles. The average Bonchev–Trinajstić information content (AvgIpc) is 2.71. The highest BCUT2D eigenvalue weighted by molar-refractivity contribution is 5.89. The van der Waals surface area contributed by atoms with E-state index >= 15 is 0 Å². The van der Waals surface area contributed by atoms with Gasteiger partial charge in [0.1, 0.15) is 5.82 Å². The van der Waals surface area contributed by atoms with Crippen molar-refractivity contribution in [2.45, 2.75) is 32.4 Å². The first-order chi connectivity index (χ1) is 14.3. The van der Waals surface area contributed by atoms with Crippen molar-refractivity contribution in [3.8, 4) is 0 Å². The molecule has 1 aliphatic rings. The van der Waals surface area contributed by atoms with E-state index in [-0.39, 0.29) is 12.2 Å². The van der Waals surface area contributed by atoms with Gasteiger partial charge in [0.25, 0.3) is 0 Å². The minimum absolute atomic E-state index is 0.0727. The lowest BCUT2D eigenvalue weighted by Gasteiger charge is -2.28. The van der Waals surface area contributed by atoms with Crippen molar-refractivity contribution in [1.29, 1.82) is 0 Å². The van der Waals surface area contributed by atoms with Gasteiger partial charge in [0.2, 0.25) is 5.95 Å². The van der Waals surface area contributed by atoms with Gasteiger partial charge in [-0.05, 0) is 44.4 Å². The summed E-state index contributed by atoms with van der Waals surface area (Å²) < 4.78 is 38.2. The summed E-state index contributed by atoms with van der Waals surface area (Å²) in [6.07, 6.45) is -0.924. The fourth-order valence-corrected chi connectivity index (χ4v) is 3.21. The predicted molar refractivity (Wildman–Crippen MR) is 110 cm³/mol. The second-order valence-electron chi connectivity index (χ2n) is 7.13. The van der Waals surface area contributed by atoms with Crippen LogP contribution in [0.4, 0.5) is 35.4 Å². The molecule has 0 radical (unpaired) electrons. The van der Waals surface area contributed by atoms with Crippen LogP contribution in [0, 0.1) is 6.92 Å². The zero-order chi connectivity index (χ0) is 21.6. The number of piperidine rings is 1. The summed E-state index contributed by atoms with van der Waals surface area (Å²) >= 11 is 0. The smallest absolute Gasteiger partial charge is 0.356 e. The van der Waals surface area contributed by atoms with Crippen molar-refractivity contribution in [3.05, 3.63) is 41.6 Å². The van der Waals surface area contributed by atoms with Crippen LogP contribution >= 0.6 is 0 Å². The number of aromatic nitrogens is 2. The molecule has 2 heterocycles. The van der Waals surface area contributed by atoms with Crippen LogP contribution in [0.1, 0.15) is 30.5 Å². The second kappa shape index (κ2) is 9.64. The van der Waals surface area contributed by atoms with Gasteiger partial charge in [-0.15, -0.1) is 0 Å². The third-order valence-corrected chi connectivity index (χ3v) is 4.66. The molecule has 0 aliphatic carbocycles. The number of nitrogens with one attached hydrogen (secondary N) is 3. The van der Waals surface area contributed by atoms with Gasteiger partial charge < -0.3 is 20.9 Å². The van der Waals surface area contributed by atoms with Crippen molar-refractivity contribution in [1.82, 2.24) is 15.3 Å². The molecule has 7 nitrogen and oxygen atoms in total. The summed E-state index contributed by atoms with van der Waals surface area (Å²) in [5.74, 6) is 1.37. The molecular weight excluding hydrogens is 397 g/mol. The predicted octanol–water partition coefficient (Wildman–Crippen LogP) is 4.03. The molecule has 10 heteroatoms. The van der Waals surface area contributed by atoms with E-state index < -0.39 is 17.8 Å². The zero-order valence-electron chi connectivity index (χ0n) is 16.7. The number of anilines is 3. The fraction of sp³-hybridized carbons (Fsp3) is 0.450. The highest BCUT2D eigenvalue weighted by Crippen LogP contribution is 2.30. The molecule has 1 fully saturated rings. The van der Waals surface area contributed by atoms with Crippen molar-refractivity contribution in [2.75, 3.05) is 41.7 Å². The Labute approximate surface area is 173 Å². The first-order valence-corrected chi connectivity index (χ1v) is 9.88. The molecule has 0 bridgehead atoms. The van der Waals surface area contributed by atoms with Crippen LogP contribution in [0.2, 0.25) is 0 Å². The van der Waals surface area contributed by atoms with Gasteiger partial charge in [-0.1, -0.05) is 6.07 Å². The molecule has 30 heavy (non-hydrogen) atoms. The number of hydrogen-bond donors (Lipinski definition) is 3. The van der Waals surface area contributed by atoms with Gasteiger partial charge in [-0.2, -0.15) is 18.2 Å². The van der Waals surface area contributed by atoms with Crippen LogP contribution in [-0.4, -0.2) is 42.2 Å². The van der Waals surface area contributed by atoms with Gasteiger partial charge in [0, 0.05) is 43.6 Å². The number of amides is 2. The molecule has 3 rings (SSSR count). The van der Waals surface area contributed by atoms with Crippen molar-refractivity contribution >= 4 is 23.5 Å². The number of hydrogen-bond acceptors (Lipinski definition) is 5. The molecule has 0 unspecified atom stereocenters. The minimum atomic E-state index is -4.46. The summed E-state index contributed by atoms with van der Waals surface area (Å²) in [7, 11) is 0. The lowest BCUT2D eigenvalue weighted by Crippen LogP contribution is -2.33. The highest BCUT2D eigenvalue weighted by atomic mass is 19.4. The van der Waals surface area contributed by atoms with Gasteiger partial charge in [-0.25, -0.2) is 9.78 Å². The monoisotopic (exact) mass is 422 g/mol. The number of aryl methyl sites for hydroxylation is 1. The van der Waals surface area contributed by atoms with Crippen LogP contribution in [0.15, 0.2) is 30.3 Å². The Kier molecular flexibility index (Phi) is 6.96. The number of carbonyl (C=O) groups excluding carboxylic acids is 1. The van der Waals surface area contributed by atoms with Crippen molar-refractivity contribution in [2.24, 2.45) is 0 Å². The maximum absolute atomic E-state index is 12.7. The Morgan fingerprint density at radius 3 is 2.60 bits per heavy atom. The lowest BCUT2D eigenvalue weighted by molar-refractivity contribution is -0.137. The maximum atomic E-state index is 12.7. The number of benzene rings is 1. The Bertz CT molecular complexity index is 868. The van der Waals surface area contributed by atoms with Crippen LogP contribution in [0.25, 0.3) is 0 Å². The summed E-state index contributed by atoms with van der Waals surface area (Å²) in [4.78, 5) is 23.1. The third-order valence-electron chi connectivity index (χ3n) is 4.66. The van der Waals surface area contributed by atoms with Crippen molar-refractivity contribution < 1.29 is 18.0 Å². The average molecular weight is 422 g/mol. The first kappa shape index (κ1) is 21.7. The van der Waals surface area contributed by atoms with E-state index in [1.54, 1.807) is 0 Å². The molecule has 3 N–H and O–H groups in total. The largest absolute Gasteiger partial charge is 0.416 e. The highest BCUT2D eigenvalue weighted by Gasteiger charge is 2.30. The molecule has 1 aliphatic heterocycles. The molecule has 0 atom stereocenters. The molecule has 0 spiro atoms. The van der Waals surface area contributed by atoms with Gasteiger partial charge in [0.15, 0.2) is 0 Å². The molecule has 1 aromatic carbocycles. The number of urea groups is 1. The van der Waals surface area contributed by atoms with E-state index in [2.05, 4.69) is 30.8 Å². The SMILES string of the molecule is Cc1cc(N2CCCCC2)nc(NCCNC(=O)Nc2cccc(C(F)(F)F)c2)n1. The maximum Gasteiger partial charge on any atom is 0.416 e. The van der Waals surface area contributed by atoms with E-state index in [1.165, 1.54) is 18.6 Å². The Hall–Kier alpha value is -3.04. The van der Waals surface area contributed by atoms with Gasteiger partial charge in [0.05, 0.1) is 5.56 Å². The zero-order valence-corrected chi connectivity index (χ0v) is 16.7. The summed E-state index contributed by atoms with van der Waals surface area (Å²) in [6, 6.07) is 5.85. The Balaban J connectivity index is 1.47. The number of halogens is 3. The van der Waals surface area contributed by atoms with Crippen molar-refractivity contribution in [3.63, 3.8) is 0 Å². The normalized spacial score (nSPS) is 14.3. The van der Waals surface area contributed by atoms with E-state index in [0.717, 1.165) is 49.6 Å². The third kappa shape index (κ3) is 6.23. The van der Waals surface area contributed by atoms with Gasteiger partial charge >= 0.3 is 12.2 Å². The number of nitrogens with zero attached hydrogens (tertiary/aromatic N) is 3. The Morgan fingerprint density at radius 2 is 1.87 bits per heavy atom.